The zero-order valence-electron chi connectivity index (χ0n) is 22.8. The van der Waals surface area contributed by atoms with Crippen LogP contribution in [-0.2, 0) is 0 Å². The number of rotatable bonds is 9. The molecular weight excluding hydrogens is 336 g/mol. The average Bonchev–Trinajstić information content (AvgIpc) is 3.12. The first-order valence-electron chi connectivity index (χ1n) is 12.1. The third-order valence-corrected chi connectivity index (χ3v) is 12.7. The van der Waals surface area contributed by atoms with E-state index < -0.39 is 0 Å². The highest BCUT2D eigenvalue weighted by atomic mass is 14.7. The van der Waals surface area contributed by atoms with Crippen LogP contribution in [0.3, 0.4) is 0 Å². The van der Waals surface area contributed by atoms with E-state index >= 15 is 0 Å². The molecule has 0 aromatic carbocycles. The minimum Gasteiger partial charge on any atom is -0.0649 e. The van der Waals surface area contributed by atoms with Gasteiger partial charge in [-0.3, -0.25) is 0 Å². The fourth-order valence-electron chi connectivity index (χ4n) is 6.15. The first kappa shape index (κ1) is 26.0. The summed E-state index contributed by atoms with van der Waals surface area (Å²) in [6, 6.07) is 0. The van der Waals surface area contributed by atoms with E-state index in [1.165, 1.54) is 19.3 Å². The summed E-state index contributed by atoms with van der Waals surface area (Å²) in [6.45, 7) is 40.3. The molecule has 3 atom stereocenters. The van der Waals surface area contributed by atoms with Gasteiger partial charge < -0.3 is 0 Å². The van der Waals surface area contributed by atoms with Crippen LogP contribution in [0.15, 0.2) is 0 Å². The summed E-state index contributed by atoms with van der Waals surface area (Å²) in [4.78, 5) is 0. The van der Waals surface area contributed by atoms with Crippen molar-refractivity contribution in [2.24, 2.45) is 49.7 Å². The van der Waals surface area contributed by atoms with E-state index in [9.17, 15) is 0 Å². The maximum Gasteiger partial charge on any atom is -0.0241 e. The lowest BCUT2D eigenvalue weighted by molar-refractivity contribution is -0.184. The molecule has 0 spiro atoms. The summed E-state index contributed by atoms with van der Waals surface area (Å²) < 4.78 is 0. The van der Waals surface area contributed by atoms with Crippen molar-refractivity contribution in [3.05, 3.63) is 0 Å². The monoisotopic (exact) mass is 392 g/mol. The minimum absolute atomic E-state index is 0.184. The van der Waals surface area contributed by atoms with Crippen LogP contribution in [0, 0.1) is 49.7 Å². The molecule has 0 heteroatoms. The van der Waals surface area contributed by atoms with Crippen LogP contribution in [0.1, 0.15) is 130 Å². The first-order chi connectivity index (χ1) is 12.1. The third kappa shape index (κ3) is 3.51. The van der Waals surface area contributed by atoms with Crippen molar-refractivity contribution in [1.82, 2.24) is 0 Å². The lowest BCUT2D eigenvalue weighted by Crippen LogP contribution is -2.60. The Morgan fingerprint density at radius 3 is 1.43 bits per heavy atom. The number of hydrogen-bond acceptors (Lipinski definition) is 0. The SMILES string of the molecule is CCC(C)(C)C(C)(C)C(C)(C)C(C)(C)C(C)(C)C(C)(C)C(C)CC1(C)CC1C. The van der Waals surface area contributed by atoms with Gasteiger partial charge in [-0.05, 0) is 62.6 Å². The molecule has 1 saturated carbocycles. The van der Waals surface area contributed by atoms with Gasteiger partial charge in [0.2, 0.25) is 0 Å². The van der Waals surface area contributed by atoms with Gasteiger partial charge in [-0.2, -0.15) is 0 Å². The second-order valence-electron chi connectivity index (χ2n) is 14.3. The Morgan fingerprint density at radius 1 is 0.750 bits per heavy atom. The molecule has 1 aliphatic carbocycles. The van der Waals surface area contributed by atoms with E-state index in [2.05, 4.69) is 111 Å². The molecule has 0 heterocycles. The van der Waals surface area contributed by atoms with E-state index in [-0.39, 0.29) is 27.1 Å². The Labute approximate surface area is 180 Å². The van der Waals surface area contributed by atoms with E-state index in [0.29, 0.717) is 10.8 Å². The van der Waals surface area contributed by atoms with E-state index in [0.717, 1.165) is 11.8 Å². The van der Waals surface area contributed by atoms with Gasteiger partial charge in [-0.25, -0.2) is 0 Å². The maximum atomic E-state index is 2.57. The molecule has 0 aromatic rings. The van der Waals surface area contributed by atoms with Gasteiger partial charge in [0.05, 0.1) is 0 Å². The highest BCUT2D eigenvalue weighted by molar-refractivity contribution is 5.11. The largest absolute Gasteiger partial charge is 0.0649 e. The van der Waals surface area contributed by atoms with Crippen molar-refractivity contribution in [2.75, 3.05) is 0 Å². The van der Waals surface area contributed by atoms with Crippen molar-refractivity contribution in [1.29, 1.82) is 0 Å². The molecule has 3 unspecified atom stereocenters. The predicted octanol–water partition coefficient (Wildman–Crippen LogP) is 9.63. The smallest absolute Gasteiger partial charge is 0.0241 e. The van der Waals surface area contributed by atoms with E-state index in [1.54, 1.807) is 0 Å². The van der Waals surface area contributed by atoms with Gasteiger partial charge in [0.1, 0.15) is 0 Å². The summed E-state index contributed by atoms with van der Waals surface area (Å²) in [7, 11) is 0. The van der Waals surface area contributed by atoms with Crippen molar-refractivity contribution < 1.29 is 0 Å². The summed E-state index contributed by atoms with van der Waals surface area (Å²) in [5.41, 5.74) is 1.96. The zero-order chi connectivity index (χ0) is 22.8. The van der Waals surface area contributed by atoms with Crippen molar-refractivity contribution in [2.45, 2.75) is 130 Å². The molecule has 168 valence electrons. The lowest BCUT2D eigenvalue weighted by Gasteiger charge is -2.67. The van der Waals surface area contributed by atoms with Gasteiger partial charge in [0, 0.05) is 0 Å². The first-order valence-corrected chi connectivity index (χ1v) is 12.1. The van der Waals surface area contributed by atoms with Crippen LogP contribution in [-0.4, -0.2) is 0 Å². The molecule has 1 rings (SSSR count). The highest BCUT2D eigenvalue weighted by Crippen LogP contribution is 2.69. The molecule has 0 aromatic heterocycles. The Morgan fingerprint density at radius 2 is 1.11 bits per heavy atom. The second kappa shape index (κ2) is 7.02. The Kier molecular flexibility index (Phi) is 6.53. The maximum absolute atomic E-state index is 2.57. The lowest BCUT2D eigenvalue weighted by atomic mass is 9.38. The highest BCUT2D eigenvalue weighted by Gasteiger charge is 2.62. The van der Waals surface area contributed by atoms with Gasteiger partial charge in [-0.1, -0.05) is 117 Å². The molecule has 28 heavy (non-hydrogen) atoms. The molecular formula is C28H56. The molecule has 1 aliphatic rings. The molecule has 0 bridgehead atoms. The van der Waals surface area contributed by atoms with E-state index in [4.69, 9.17) is 0 Å². The Balaban J connectivity index is 3.35. The standard InChI is InChI=1S/C28H56/c1-17-22(4,5)24(8,9)26(12,13)27(14,15)25(10,11)23(6,7)20(2)18-28(16)19-21(28)3/h20-21H,17-19H2,1-16H3. The van der Waals surface area contributed by atoms with Crippen LogP contribution in [0.2, 0.25) is 0 Å². The average molecular weight is 393 g/mol. The topological polar surface area (TPSA) is 0 Å². The fraction of sp³-hybridized carbons (Fsp3) is 1.00. The summed E-state index contributed by atoms with van der Waals surface area (Å²) >= 11 is 0. The quantitative estimate of drug-likeness (QED) is 0.366. The van der Waals surface area contributed by atoms with Crippen LogP contribution >= 0.6 is 0 Å². The molecule has 0 radical (unpaired) electrons. The molecule has 0 N–H and O–H groups in total. The van der Waals surface area contributed by atoms with Gasteiger partial charge in [0.25, 0.3) is 0 Å². The molecule has 1 fully saturated rings. The molecule has 0 nitrogen and oxygen atoms in total. The van der Waals surface area contributed by atoms with Crippen LogP contribution < -0.4 is 0 Å². The molecule has 0 aliphatic heterocycles. The Bertz CT molecular complexity index is 555. The summed E-state index contributed by atoms with van der Waals surface area (Å²) in [5.74, 6) is 1.62. The second-order valence-corrected chi connectivity index (χ2v) is 14.3. The van der Waals surface area contributed by atoms with Gasteiger partial charge in [0.15, 0.2) is 0 Å². The normalized spacial score (nSPS) is 26.4. The molecule has 0 amide bonds. The summed E-state index contributed by atoms with van der Waals surface area (Å²) in [6.07, 6.45) is 4.00. The minimum atomic E-state index is 0.184. The summed E-state index contributed by atoms with van der Waals surface area (Å²) in [5, 5.41) is 0. The van der Waals surface area contributed by atoms with Crippen LogP contribution in [0.5, 0.6) is 0 Å². The van der Waals surface area contributed by atoms with E-state index in [1.807, 2.05) is 0 Å². The third-order valence-electron chi connectivity index (χ3n) is 12.7. The van der Waals surface area contributed by atoms with Crippen molar-refractivity contribution >= 4 is 0 Å². The van der Waals surface area contributed by atoms with Gasteiger partial charge >= 0.3 is 0 Å². The number of hydrogen-bond donors (Lipinski definition) is 0. The van der Waals surface area contributed by atoms with Crippen LogP contribution in [0.25, 0.3) is 0 Å². The van der Waals surface area contributed by atoms with Gasteiger partial charge in [-0.15, -0.1) is 0 Å². The van der Waals surface area contributed by atoms with Crippen LogP contribution in [0.4, 0.5) is 0 Å². The molecule has 0 saturated heterocycles. The van der Waals surface area contributed by atoms with Crippen molar-refractivity contribution in [3.63, 3.8) is 0 Å². The van der Waals surface area contributed by atoms with Crippen molar-refractivity contribution in [3.8, 4) is 0 Å². The Hall–Kier alpha value is 0. The predicted molar refractivity (Wildman–Crippen MR) is 129 cm³/mol. The fourth-order valence-corrected chi connectivity index (χ4v) is 6.15. The zero-order valence-corrected chi connectivity index (χ0v) is 22.8.